The fourth-order valence-corrected chi connectivity index (χ4v) is 11.5. The van der Waals surface area contributed by atoms with E-state index in [1.807, 2.05) is 13.8 Å². The first kappa shape index (κ1) is 20.9. The van der Waals surface area contributed by atoms with Crippen molar-refractivity contribution in [3.8, 4) is 0 Å². The van der Waals surface area contributed by atoms with Crippen LogP contribution in [0.1, 0.15) is 59.8 Å². The second kappa shape index (κ2) is 6.04. The van der Waals surface area contributed by atoms with Crippen LogP contribution in [0.4, 0.5) is 0 Å². The van der Waals surface area contributed by atoms with Gasteiger partial charge in [0.2, 0.25) is 0 Å². The Labute approximate surface area is 196 Å². The smallest absolute Gasteiger partial charge is 0.308 e. The molecule has 2 spiro atoms. The summed E-state index contributed by atoms with van der Waals surface area (Å²) in [5, 5.41) is 11.2. The Morgan fingerprint density at radius 1 is 1.21 bits per heavy atom. The van der Waals surface area contributed by atoms with E-state index in [2.05, 4.69) is 18.4 Å². The lowest BCUT2D eigenvalue weighted by atomic mass is 9.39. The molecule has 33 heavy (non-hydrogen) atoms. The highest BCUT2D eigenvalue weighted by molar-refractivity contribution is 5.72. The first-order chi connectivity index (χ1) is 15.6. The second-order valence-electron chi connectivity index (χ2n) is 13.1. The third kappa shape index (κ3) is 2.08. The molecule has 180 valence electrons. The number of ether oxygens (including phenoxy) is 2. The lowest BCUT2D eigenvalue weighted by Crippen LogP contribution is -2.69. The van der Waals surface area contributed by atoms with Crippen LogP contribution >= 0.6 is 0 Å². The molecule has 0 aromatic heterocycles. The number of fused-ring (bicyclic) bond motifs is 1. The van der Waals surface area contributed by atoms with Crippen molar-refractivity contribution in [3.05, 3.63) is 12.2 Å². The summed E-state index contributed by atoms with van der Waals surface area (Å²) in [4.78, 5) is 28.3. The van der Waals surface area contributed by atoms with Gasteiger partial charge in [-0.15, -0.1) is 0 Å². The molecule has 0 aromatic carbocycles. The molecule has 9 bridgehead atoms. The fraction of sp³-hybridized carbons (Fsp3) is 0.852. The summed E-state index contributed by atoms with van der Waals surface area (Å²) in [6, 6.07) is 0.839. The number of hydrogen-bond donors (Lipinski definition) is 1. The van der Waals surface area contributed by atoms with Crippen molar-refractivity contribution in [2.45, 2.75) is 90.2 Å². The molecule has 0 aromatic rings. The maximum absolute atomic E-state index is 13.1. The average molecular weight is 456 g/mol. The molecule has 0 amide bonds. The van der Waals surface area contributed by atoms with Gasteiger partial charge in [-0.05, 0) is 48.9 Å². The summed E-state index contributed by atoms with van der Waals surface area (Å²) >= 11 is 0. The maximum atomic E-state index is 13.1. The Morgan fingerprint density at radius 2 is 1.97 bits per heavy atom. The molecule has 6 heteroatoms. The van der Waals surface area contributed by atoms with Crippen LogP contribution < -0.4 is 0 Å². The van der Waals surface area contributed by atoms with Crippen LogP contribution in [0, 0.1) is 45.8 Å². The second-order valence-corrected chi connectivity index (χ2v) is 13.1. The minimum Gasteiger partial charge on any atom is -0.461 e. The molecule has 6 nitrogen and oxygen atoms in total. The number of rotatable bonds is 4. The lowest BCUT2D eigenvalue weighted by molar-refractivity contribution is -0.232. The number of carbonyl (C=O) groups excluding carboxylic acids is 2. The van der Waals surface area contributed by atoms with Crippen molar-refractivity contribution in [2.75, 3.05) is 6.54 Å². The van der Waals surface area contributed by atoms with E-state index in [9.17, 15) is 14.7 Å². The van der Waals surface area contributed by atoms with E-state index >= 15 is 0 Å². The minimum atomic E-state index is -0.315. The predicted octanol–water partition coefficient (Wildman–Crippen LogP) is 2.93. The molecule has 9 fully saturated rings. The molecule has 3 heterocycles. The predicted molar refractivity (Wildman–Crippen MR) is 120 cm³/mol. The molecule has 9 aliphatic rings. The van der Waals surface area contributed by atoms with E-state index in [-0.39, 0.29) is 70.2 Å². The molecule has 1 N–H and O–H groups in total. The van der Waals surface area contributed by atoms with Crippen molar-refractivity contribution >= 4 is 11.9 Å². The van der Waals surface area contributed by atoms with Gasteiger partial charge >= 0.3 is 11.9 Å². The molecule has 5 unspecified atom stereocenters. The van der Waals surface area contributed by atoms with Crippen LogP contribution in [-0.2, 0) is 19.1 Å². The molecular weight excluding hydrogens is 418 g/mol. The summed E-state index contributed by atoms with van der Waals surface area (Å²) in [5.41, 5.74) is 1.10. The summed E-state index contributed by atoms with van der Waals surface area (Å²) in [7, 11) is 0. The van der Waals surface area contributed by atoms with Gasteiger partial charge in [-0.2, -0.15) is 0 Å². The maximum Gasteiger partial charge on any atom is 0.308 e. The zero-order chi connectivity index (χ0) is 23.2. The van der Waals surface area contributed by atoms with Gasteiger partial charge in [0.25, 0.3) is 0 Å². The van der Waals surface area contributed by atoms with E-state index in [1.165, 1.54) is 6.92 Å². The molecule has 14 atom stereocenters. The highest BCUT2D eigenvalue weighted by Crippen LogP contribution is 2.87. The van der Waals surface area contributed by atoms with Crippen molar-refractivity contribution in [3.63, 3.8) is 0 Å². The topological polar surface area (TPSA) is 76.1 Å². The first-order valence-corrected chi connectivity index (χ1v) is 13.1. The quantitative estimate of drug-likeness (QED) is 0.519. The van der Waals surface area contributed by atoms with Crippen LogP contribution in [0.3, 0.4) is 0 Å². The zero-order valence-electron chi connectivity index (χ0n) is 20.3. The monoisotopic (exact) mass is 455 g/mol. The Bertz CT molecular complexity index is 980. The third-order valence-electron chi connectivity index (χ3n) is 11.7. The number of carbonyl (C=O) groups is 2. The van der Waals surface area contributed by atoms with Crippen LogP contribution in [0.25, 0.3) is 0 Å². The molecular formula is C27H37NO5. The van der Waals surface area contributed by atoms with Gasteiger partial charge in [-0.1, -0.05) is 32.9 Å². The Morgan fingerprint density at radius 3 is 2.67 bits per heavy atom. The number of aliphatic hydroxyl groups excluding tert-OH is 1. The number of piperidine rings is 2. The number of hydrogen-bond acceptors (Lipinski definition) is 6. The fourth-order valence-electron chi connectivity index (χ4n) is 11.5. The van der Waals surface area contributed by atoms with Crippen LogP contribution in [0.15, 0.2) is 12.2 Å². The summed E-state index contributed by atoms with van der Waals surface area (Å²) in [6.45, 7) is 13.3. The van der Waals surface area contributed by atoms with E-state index in [1.54, 1.807) is 0 Å². The van der Waals surface area contributed by atoms with Gasteiger partial charge in [0.1, 0.15) is 12.2 Å². The Balaban J connectivity index is 1.42. The van der Waals surface area contributed by atoms with E-state index < -0.39 is 0 Å². The third-order valence-corrected chi connectivity index (χ3v) is 11.7. The summed E-state index contributed by atoms with van der Waals surface area (Å²) < 4.78 is 12.6. The van der Waals surface area contributed by atoms with Crippen molar-refractivity contribution in [1.82, 2.24) is 4.90 Å². The van der Waals surface area contributed by atoms with Crippen LogP contribution in [0.5, 0.6) is 0 Å². The van der Waals surface area contributed by atoms with Crippen molar-refractivity contribution in [1.29, 1.82) is 0 Å². The van der Waals surface area contributed by atoms with Gasteiger partial charge in [0, 0.05) is 42.8 Å². The molecule has 3 saturated heterocycles. The van der Waals surface area contributed by atoms with Gasteiger partial charge in [0.15, 0.2) is 0 Å². The van der Waals surface area contributed by atoms with Crippen molar-refractivity contribution in [2.24, 2.45) is 45.8 Å². The first-order valence-electron chi connectivity index (χ1n) is 13.1. The van der Waals surface area contributed by atoms with Gasteiger partial charge in [-0.3, -0.25) is 14.5 Å². The SMILES string of the molecule is C=C1C[C@]23C[C@H]4C5[C@@]6(C)C[C@H](O)C[C@]57C(C2[C@H](OC(=O)[C@H](C)CC)[C@H]1[C@@H](OC(C)=O)C37)N4C6. The summed E-state index contributed by atoms with van der Waals surface area (Å²) in [6.07, 6.45) is 3.52. The molecule has 9 rings (SSSR count). The van der Waals surface area contributed by atoms with Crippen LogP contribution in [0.2, 0.25) is 0 Å². The largest absolute Gasteiger partial charge is 0.461 e. The lowest BCUT2D eigenvalue weighted by Gasteiger charge is -2.66. The molecule has 6 aliphatic carbocycles. The average Bonchev–Trinajstić information content (AvgIpc) is 3.14. The highest BCUT2D eigenvalue weighted by atomic mass is 16.6. The van der Waals surface area contributed by atoms with E-state index in [0.29, 0.717) is 18.0 Å². The van der Waals surface area contributed by atoms with E-state index in [4.69, 9.17) is 9.47 Å². The highest BCUT2D eigenvalue weighted by Gasteiger charge is 2.91. The van der Waals surface area contributed by atoms with Gasteiger partial charge in [0.05, 0.1) is 17.9 Å². The van der Waals surface area contributed by atoms with Gasteiger partial charge < -0.3 is 14.6 Å². The zero-order valence-corrected chi connectivity index (χ0v) is 20.3. The molecule has 3 aliphatic heterocycles. The normalized spacial score (nSPS) is 59.1. The van der Waals surface area contributed by atoms with E-state index in [0.717, 1.165) is 44.2 Å². The molecule has 6 saturated carbocycles. The van der Waals surface area contributed by atoms with Crippen LogP contribution in [-0.4, -0.2) is 58.9 Å². The molecule has 0 radical (unpaired) electrons. The van der Waals surface area contributed by atoms with Crippen molar-refractivity contribution < 1.29 is 24.2 Å². The summed E-state index contributed by atoms with van der Waals surface area (Å²) in [5.74, 6) is 0.299. The van der Waals surface area contributed by atoms with Gasteiger partial charge in [-0.25, -0.2) is 0 Å². The number of aliphatic hydroxyl groups is 1. The number of nitrogens with zero attached hydrogens (tertiary/aromatic N) is 1. The standard InChI is InChI=1S/C27H37NO5/c1-6-12(2)24(31)33-19-17-13(3)7-26-10-16-21-25(5)8-15(30)9-27(21,22(26)20(17)32-14(4)29)23(18(19)26)28(16)11-25/h12,15-23,30H,3,6-11H2,1-2,4-5H3/t12-,15+,16+,17+,18?,19-,20-,21?,22?,23?,25+,26+,27+/m1/s1. The Kier molecular flexibility index (Phi) is 3.83. The minimum absolute atomic E-state index is 0.0447. The number of esters is 2. The Hall–Kier alpha value is -1.40.